The Morgan fingerprint density at radius 2 is 1.84 bits per heavy atom. The highest BCUT2D eigenvalue weighted by Gasteiger charge is 2.58. The van der Waals surface area contributed by atoms with E-state index in [-0.39, 0.29) is 34.9 Å². The minimum absolute atomic E-state index is 0.0129. The maximum Gasteiger partial charge on any atom is 0.260 e. The van der Waals surface area contributed by atoms with Gasteiger partial charge in [0.1, 0.15) is 5.75 Å². The third kappa shape index (κ3) is 5.86. The predicted octanol–water partition coefficient (Wildman–Crippen LogP) is 6.50. The molecule has 5 aliphatic rings. The number of carbonyl (C=O) groups is 1. The molecule has 1 saturated heterocycles. The number of likely N-dealkylation sites (tertiary alicyclic amines) is 1. The van der Waals surface area contributed by atoms with E-state index in [4.69, 9.17) is 9.57 Å². The number of rotatable bonds is 8. The summed E-state index contributed by atoms with van der Waals surface area (Å²) in [5.41, 5.74) is 4.14. The first-order valence-corrected chi connectivity index (χ1v) is 17.7. The Labute approximate surface area is 271 Å². The normalized spacial score (nSPS) is 40.6. The Kier molecular flexibility index (Phi) is 9.17. The molecule has 4 aliphatic carbocycles. The van der Waals surface area contributed by atoms with Crippen molar-refractivity contribution in [3.63, 3.8) is 0 Å². The lowest BCUT2D eigenvalue weighted by Gasteiger charge is -2.57. The van der Waals surface area contributed by atoms with E-state index in [9.17, 15) is 9.90 Å². The summed E-state index contributed by atoms with van der Waals surface area (Å²) in [5.74, 6) is 3.30. The van der Waals surface area contributed by atoms with Crippen LogP contribution in [0.5, 0.6) is 5.75 Å². The predicted molar refractivity (Wildman–Crippen MR) is 179 cm³/mol. The fraction of sp³-hybridized carbons (Fsp3) is 0.737. The summed E-state index contributed by atoms with van der Waals surface area (Å²) in [4.78, 5) is 21.0. The highest BCUT2D eigenvalue weighted by atomic mass is 16.6. The van der Waals surface area contributed by atoms with Gasteiger partial charge in [-0.15, -0.1) is 0 Å². The van der Waals surface area contributed by atoms with Crippen LogP contribution in [-0.4, -0.2) is 67.6 Å². The number of nitrogens with one attached hydrogen (secondary N) is 1. The lowest BCUT2D eigenvalue weighted by atomic mass is 9.47. The van der Waals surface area contributed by atoms with E-state index in [0.29, 0.717) is 30.3 Å². The summed E-state index contributed by atoms with van der Waals surface area (Å²) in [6.45, 7) is 11.1. The van der Waals surface area contributed by atoms with Crippen LogP contribution in [0.25, 0.3) is 0 Å². The number of allylic oxidation sites excluding steroid dienone is 2. The number of hydrogen-bond acceptors (Lipinski definition) is 6. The van der Waals surface area contributed by atoms with Crippen LogP contribution in [0.3, 0.4) is 0 Å². The number of carbonyl (C=O) groups excluding carboxylic acids is 1. The minimum Gasteiger partial charge on any atom is -0.497 e. The van der Waals surface area contributed by atoms with Crippen molar-refractivity contribution >= 4 is 11.6 Å². The molecule has 0 bridgehead atoms. The summed E-state index contributed by atoms with van der Waals surface area (Å²) in [6.07, 6.45) is 13.0. The molecule has 2 N–H and O–H groups in total. The van der Waals surface area contributed by atoms with E-state index < -0.39 is 0 Å². The number of piperidine rings is 1. The third-order valence-corrected chi connectivity index (χ3v) is 13.8. The van der Waals surface area contributed by atoms with Gasteiger partial charge in [0.05, 0.1) is 18.9 Å². The number of hydrogen-bond donors (Lipinski definition) is 2. The Hall–Kier alpha value is -2.38. The first-order chi connectivity index (χ1) is 21.5. The maximum absolute atomic E-state index is 12.9. The van der Waals surface area contributed by atoms with Gasteiger partial charge in [-0.3, -0.25) is 4.79 Å². The number of amides is 1. The topological polar surface area (TPSA) is 83.4 Å². The second-order valence-corrected chi connectivity index (χ2v) is 15.9. The molecule has 1 aromatic rings. The number of fused-ring (bicyclic) bond motifs is 5. The zero-order valence-electron chi connectivity index (χ0n) is 28.6. The Morgan fingerprint density at radius 1 is 1.07 bits per heavy atom. The lowest BCUT2D eigenvalue weighted by molar-refractivity contribution is -0.125. The van der Waals surface area contributed by atoms with Crippen molar-refractivity contribution in [1.29, 1.82) is 0 Å². The van der Waals surface area contributed by atoms with Crippen LogP contribution in [0.2, 0.25) is 0 Å². The molecule has 7 unspecified atom stereocenters. The molecule has 3 saturated carbocycles. The number of nitrogens with zero attached hydrogens (tertiary/aromatic N) is 2. The molecule has 1 amide bonds. The van der Waals surface area contributed by atoms with Crippen LogP contribution < -0.4 is 10.1 Å². The highest BCUT2D eigenvalue weighted by Crippen LogP contribution is 2.65. The molecular formula is C38H57N3O4. The smallest absolute Gasteiger partial charge is 0.260 e. The third-order valence-electron chi connectivity index (χ3n) is 13.8. The average molecular weight is 620 g/mol. The number of aliphatic hydroxyl groups excluding tert-OH is 1. The van der Waals surface area contributed by atoms with Crippen molar-refractivity contribution < 1.29 is 19.5 Å². The monoisotopic (exact) mass is 619 g/mol. The first-order valence-electron chi connectivity index (χ1n) is 17.7. The van der Waals surface area contributed by atoms with Gasteiger partial charge in [0.25, 0.3) is 5.91 Å². The Bertz CT molecular complexity index is 1290. The number of benzene rings is 1. The molecule has 9 atom stereocenters. The molecule has 7 nitrogen and oxygen atoms in total. The van der Waals surface area contributed by atoms with Crippen LogP contribution in [-0.2, 0) is 15.0 Å². The second kappa shape index (κ2) is 12.7. The van der Waals surface area contributed by atoms with Crippen molar-refractivity contribution in [1.82, 2.24) is 10.2 Å². The fourth-order valence-electron chi connectivity index (χ4n) is 10.8. The van der Waals surface area contributed by atoms with Gasteiger partial charge in [-0.1, -0.05) is 43.6 Å². The molecular weight excluding hydrogens is 562 g/mol. The number of oxime groups is 1. The molecule has 0 radical (unpaired) electrons. The van der Waals surface area contributed by atoms with Gasteiger partial charge in [-0.05, 0) is 136 Å². The SMILES string of the molecule is COc1ccc(C2(CCNC(=O)CO/N=C3/C=C4CCC5C6CCC(O)[C@@]6(C)CCC5[C@@]4(C)CC3)CC(C)N(C)CC2C)cc1. The van der Waals surface area contributed by atoms with Crippen molar-refractivity contribution in [3.05, 3.63) is 41.5 Å². The quantitative estimate of drug-likeness (QED) is 0.325. The number of aliphatic hydroxyl groups is 1. The van der Waals surface area contributed by atoms with E-state index in [1.807, 2.05) is 0 Å². The summed E-state index contributed by atoms with van der Waals surface area (Å²) < 4.78 is 5.42. The molecule has 45 heavy (non-hydrogen) atoms. The average Bonchev–Trinajstić information content (AvgIpc) is 3.33. The molecule has 0 spiro atoms. The van der Waals surface area contributed by atoms with Crippen LogP contribution in [0.4, 0.5) is 0 Å². The van der Waals surface area contributed by atoms with Gasteiger partial charge in [0.15, 0.2) is 6.61 Å². The van der Waals surface area contributed by atoms with Crippen molar-refractivity contribution in [2.24, 2.45) is 39.7 Å². The Morgan fingerprint density at radius 3 is 2.60 bits per heavy atom. The summed E-state index contributed by atoms with van der Waals surface area (Å²) >= 11 is 0. The standard InChI is InChI=1S/C38H57N3O4/c1-25-23-41(5)26(2)22-38(25,27-7-10-30(44-6)11-8-27)19-20-39-35(43)24-45-40-29-15-17-36(3)28(21-29)9-12-31-32-13-14-34(42)37(32,4)18-16-33(31)36/h7-8,10-11,21,25-26,31-34,42H,9,12-20,22-24H2,1-6H3,(H,39,43)/b40-29+/t25?,26?,31?,32?,33?,34?,36-,37-,38?/m0/s1. The van der Waals surface area contributed by atoms with E-state index in [1.165, 1.54) is 30.4 Å². The summed E-state index contributed by atoms with van der Waals surface area (Å²) in [6, 6.07) is 8.98. The summed E-state index contributed by atoms with van der Waals surface area (Å²) in [7, 11) is 3.91. The van der Waals surface area contributed by atoms with Gasteiger partial charge >= 0.3 is 0 Å². The number of methoxy groups -OCH3 is 1. The van der Waals surface area contributed by atoms with Gasteiger partial charge in [-0.25, -0.2) is 0 Å². The molecule has 1 aliphatic heterocycles. The van der Waals surface area contributed by atoms with Gasteiger partial charge in [0.2, 0.25) is 0 Å². The van der Waals surface area contributed by atoms with E-state index in [2.05, 4.69) is 80.5 Å². The van der Waals surface area contributed by atoms with Crippen LogP contribution in [0.15, 0.2) is 41.1 Å². The molecule has 1 heterocycles. The van der Waals surface area contributed by atoms with Crippen molar-refractivity contribution in [3.8, 4) is 5.75 Å². The zero-order chi connectivity index (χ0) is 32.0. The molecule has 4 fully saturated rings. The lowest BCUT2D eigenvalue weighted by Crippen LogP contribution is -2.52. The number of ether oxygens (including phenoxy) is 1. The van der Waals surface area contributed by atoms with E-state index in [0.717, 1.165) is 68.9 Å². The van der Waals surface area contributed by atoms with Crippen molar-refractivity contribution in [2.75, 3.05) is 33.9 Å². The van der Waals surface area contributed by atoms with Gasteiger partial charge in [0, 0.05) is 24.5 Å². The van der Waals surface area contributed by atoms with Crippen LogP contribution >= 0.6 is 0 Å². The van der Waals surface area contributed by atoms with Gasteiger partial charge in [-0.2, -0.15) is 0 Å². The Balaban J connectivity index is 1.04. The highest BCUT2D eigenvalue weighted by molar-refractivity contribution is 5.96. The van der Waals surface area contributed by atoms with Gasteiger partial charge < -0.3 is 24.9 Å². The van der Waals surface area contributed by atoms with Crippen LogP contribution in [0.1, 0.15) is 97.5 Å². The van der Waals surface area contributed by atoms with E-state index in [1.54, 1.807) is 7.11 Å². The maximum atomic E-state index is 12.9. The first kappa shape index (κ1) is 32.6. The second-order valence-electron chi connectivity index (χ2n) is 15.9. The van der Waals surface area contributed by atoms with E-state index >= 15 is 0 Å². The zero-order valence-corrected chi connectivity index (χ0v) is 28.6. The van der Waals surface area contributed by atoms with Crippen molar-refractivity contribution in [2.45, 2.75) is 109 Å². The molecule has 0 aromatic heterocycles. The minimum atomic E-state index is -0.122. The fourth-order valence-corrected chi connectivity index (χ4v) is 10.8. The molecule has 6 rings (SSSR count). The molecule has 1 aromatic carbocycles. The molecule has 248 valence electrons. The molecule has 7 heteroatoms. The largest absolute Gasteiger partial charge is 0.497 e. The summed E-state index contributed by atoms with van der Waals surface area (Å²) in [5, 5.41) is 18.4. The van der Waals surface area contributed by atoms with Crippen LogP contribution in [0, 0.1) is 34.5 Å².